The molecule has 3 rings (SSSR count). The maximum atomic E-state index is 5.53. The summed E-state index contributed by atoms with van der Waals surface area (Å²) in [5.74, 6) is 6.78. The van der Waals surface area contributed by atoms with E-state index in [9.17, 15) is 0 Å². The van der Waals surface area contributed by atoms with Gasteiger partial charge in [-0.25, -0.2) is 10.8 Å². The third kappa shape index (κ3) is 1.94. The minimum absolute atomic E-state index is 0.516. The topological polar surface area (TPSA) is 73.1 Å². The average molecular weight is 266 g/mol. The van der Waals surface area contributed by atoms with Crippen LogP contribution < -0.4 is 16.0 Å². The van der Waals surface area contributed by atoms with Crippen molar-refractivity contribution in [3.8, 4) is 17.0 Å². The molecule has 0 unspecified atom stereocenters. The van der Waals surface area contributed by atoms with Crippen LogP contribution in [0.1, 0.15) is 0 Å². The Kier molecular flexibility index (Phi) is 3.18. The molecule has 1 heterocycles. The van der Waals surface area contributed by atoms with E-state index in [0.717, 1.165) is 22.1 Å². The number of rotatable bonds is 3. The number of hydrogen-bond acceptors (Lipinski definition) is 5. The fraction of sp³-hybridized carbons (Fsp3) is 0.0667. The highest BCUT2D eigenvalue weighted by Gasteiger charge is 2.15. The summed E-state index contributed by atoms with van der Waals surface area (Å²) < 4.78 is 5.47. The van der Waals surface area contributed by atoms with Gasteiger partial charge in [-0.05, 0) is 16.8 Å². The minimum atomic E-state index is 0.516. The monoisotopic (exact) mass is 266 g/mol. The zero-order chi connectivity index (χ0) is 13.9. The number of nitrogen functional groups attached to an aromatic ring is 1. The Morgan fingerprint density at radius 1 is 1.05 bits per heavy atom. The molecule has 1 aromatic heterocycles. The molecule has 5 heteroatoms. The van der Waals surface area contributed by atoms with Crippen molar-refractivity contribution in [2.45, 2.75) is 0 Å². The van der Waals surface area contributed by atoms with Gasteiger partial charge in [-0.2, -0.15) is 0 Å². The molecule has 5 nitrogen and oxygen atoms in total. The molecule has 20 heavy (non-hydrogen) atoms. The lowest BCUT2D eigenvalue weighted by Gasteiger charge is -2.13. The summed E-state index contributed by atoms with van der Waals surface area (Å²) in [7, 11) is 1.64. The van der Waals surface area contributed by atoms with Crippen molar-refractivity contribution in [3.63, 3.8) is 0 Å². The van der Waals surface area contributed by atoms with E-state index < -0.39 is 0 Å². The number of methoxy groups -OCH3 is 1. The summed E-state index contributed by atoms with van der Waals surface area (Å²) >= 11 is 0. The molecule has 0 bridgehead atoms. The van der Waals surface area contributed by atoms with Gasteiger partial charge in [0.1, 0.15) is 11.4 Å². The standard InChI is InChI=1S/C15H14N4O/c1-20-12-7-6-10-4-2-3-5-11(10)13(12)14-15(19-16)18-9-8-17-14/h2-9H,16H2,1H3,(H,18,19). The second-order valence-electron chi connectivity index (χ2n) is 4.26. The zero-order valence-electron chi connectivity index (χ0n) is 11.0. The molecule has 0 saturated carbocycles. The van der Waals surface area contributed by atoms with E-state index in [2.05, 4.69) is 15.4 Å². The van der Waals surface area contributed by atoms with E-state index in [1.807, 2.05) is 36.4 Å². The molecule has 0 fully saturated rings. The third-order valence-electron chi connectivity index (χ3n) is 3.18. The number of hydrazine groups is 1. The fourth-order valence-electron chi connectivity index (χ4n) is 2.29. The van der Waals surface area contributed by atoms with Crippen LogP contribution in [-0.4, -0.2) is 17.1 Å². The Balaban J connectivity index is 2.39. The number of nitrogens with zero attached hydrogens (tertiary/aromatic N) is 2. The SMILES string of the molecule is COc1ccc2ccccc2c1-c1nccnc1NN. The van der Waals surface area contributed by atoms with Crippen LogP contribution in [0.3, 0.4) is 0 Å². The zero-order valence-corrected chi connectivity index (χ0v) is 11.0. The maximum absolute atomic E-state index is 5.53. The van der Waals surface area contributed by atoms with Gasteiger partial charge < -0.3 is 10.2 Å². The summed E-state index contributed by atoms with van der Waals surface area (Å²) in [5, 5.41) is 2.15. The predicted octanol–water partition coefficient (Wildman–Crippen LogP) is 2.59. The molecule has 0 aliphatic rings. The molecule has 3 N–H and O–H groups in total. The van der Waals surface area contributed by atoms with Gasteiger partial charge in [0.15, 0.2) is 5.82 Å². The van der Waals surface area contributed by atoms with Crippen LogP contribution in [0.15, 0.2) is 48.8 Å². The van der Waals surface area contributed by atoms with Crippen molar-refractivity contribution in [1.29, 1.82) is 0 Å². The maximum Gasteiger partial charge on any atom is 0.166 e. The Labute approximate surface area is 116 Å². The van der Waals surface area contributed by atoms with Crippen LogP contribution in [0.4, 0.5) is 5.82 Å². The number of hydrogen-bond donors (Lipinski definition) is 2. The Hall–Kier alpha value is -2.66. The molecule has 0 atom stereocenters. The van der Waals surface area contributed by atoms with Crippen LogP contribution in [0.2, 0.25) is 0 Å². The quantitative estimate of drug-likeness (QED) is 0.563. The van der Waals surface area contributed by atoms with Crippen molar-refractivity contribution in [2.75, 3.05) is 12.5 Å². The summed E-state index contributed by atoms with van der Waals surface area (Å²) in [6, 6.07) is 12.0. The molecular weight excluding hydrogens is 252 g/mol. The van der Waals surface area contributed by atoms with Gasteiger partial charge in [0, 0.05) is 12.4 Å². The number of fused-ring (bicyclic) bond motifs is 1. The number of nitrogens with two attached hydrogens (primary N) is 1. The highest BCUT2D eigenvalue weighted by Crippen LogP contribution is 2.38. The molecule has 0 spiro atoms. The predicted molar refractivity (Wildman–Crippen MR) is 79.3 cm³/mol. The first-order valence-electron chi connectivity index (χ1n) is 6.19. The third-order valence-corrected chi connectivity index (χ3v) is 3.18. The van der Waals surface area contributed by atoms with Crippen LogP contribution in [0.25, 0.3) is 22.0 Å². The first-order chi connectivity index (χ1) is 9.85. The Morgan fingerprint density at radius 2 is 1.85 bits per heavy atom. The van der Waals surface area contributed by atoms with Crippen molar-refractivity contribution in [3.05, 3.63) is 48.8 Å². The van der Waals surface area contributed by atoms with Gasteiger partial charge in [0.05, 0.1) is 12.7 Å². The van der Waals surface area contributed by atoms with E-state index in [4.69, 9.17) is 10.6 Å². The molecule has 0 amide bonds. The molecule has 0 saturated heterocycles. The van der Waals surface area contributed by atoms with Gasteiger partial charge in [-0.1, -0.05) is 30.3 Å². The lowest BCUT2D eigenvalue weighted by molar-refractivity contribution is 0.417. The van der Waals surface area contributed by atoms with Crippen molar-refractivity contribution in [1.82, 2.24) is 9.97 Å². The minimum Gasteiger partial charge on any atom is -0.496 e. The number of benzene rings is 2. The molecule has 0 aliphatic heterocycles. The summed E-state index contributed by atoms with van der Waals surface area (Å²) in [6.07, 6.45) is 3.23. The largest absolute Gasteiger partial charge is 0.496 e. The molecule has 100 valence electrons. The van der Waals surface area contributed by atoms with Gasteiger partial charge in [0.25, 0.3) is 0 Å². The van der Waals surface area contributed by atoms with Crippen LogP contribution in [0.5, 0.6) is 5.75 Å². The summed E-state index contributed by atoms with van der Waals surface area (Å²) in [5.41, 5.74) is 4.13. The van der Waals surface area contributed by atoms with E-state index >= 15 is 0 Å². The van der Waals surface area contributed by atoms with Gasteiger partial charge >= 0.3 is 0 Å². The fourth-order valence-corrected chi connectivity index (χ4v) is 2.29. The van der Waals surface area contributed by atoms with Crippen LogP contribution in [-0.2, 0) is 0 Å². The van der Waals surface area contributed by atoms with Crippen molar-refractivity contribution < 1.29 is 4.74 Å². The molecule has 0 radical (unpaired) electrons. The normalized spacial score (nSPS) is 10.5. The van der Waals surface area contributed by atoms with E-state index in [0.29, 0.717) is 11.5 Å². The second kappa shape index (κ2) is 5.14. The van der Waals surface area contributed by atoms with E-state index in [-0.39, 0.29) is 0 Å². The number of ether oxygens (including phenoxy) is 1. The lowest BCUT2D eigenvalue weighted by atomic mass is 10.0. The van der Waals surface area contributed by atoms with Crippen molar-refractivity contribution in [2.24, 2.45) is 5.84 Å². The van der Waals surface area contributed by atoms with Crippen molar-refractivity contribution >= 4 is 16.6 Å². The number of anilines is 1. The first-order valence-corrected chi connectivity index (χ1v) is 6.19. The summed E-state index contributed by atoms with van der Waals surface area (Å²) in [6.45, 7) is 0. The van der Waals surface area contributed by atoms with E-state index in [1.54, 1.807) is 19.5 Å². The van der Waals surface area contributed by atoms with Gasteiger partial charge in [0.2, 0.25) is 0 Å². The Morgan fingerprint density at radius 3 is 2.65 bits per heavy atom. The smallest absolute Gasteiger partial charge is 0.166 e. The highest BCUT2D eigenvalue weighted by atomic mass is 16.5. The second-order valence-corrected chi connectivity index (χ2v) is 4.26. The van der Waals surface area contributed by atoms with E-state index in [1.165, 1.54) is 0 Å². The molecule has 3 aromatic rings. The molecular formula is C15H14N4O. The summed E-state index contributed by atoms with van der Waals surface area (Å²) in [4.78, 5) is 8.60. The number of nitrogens with one attached hydrogen (secondary N) is 1. The van der Waals surface area contributed by atoms with Crippen LogP contribution >= 0.6 is 0 Å². The number of aromatic nitrogens is 2. The van der Waals surface area contributed by atoms with Gasteiger partial charge in [-0.3, -0.25) is 4.98 Å². The molecule has 2 aromatic carbocycles. The van der Waals surface area contributed by atoms with Gasteiger partial charge in [-0.15, -0.1) is 0 Å². The molecule has 0 aliphatic carbocycles. The first kappa shape index (κ1) is 12.4. The highest BCUT2D eigenvalue weighted by molar-refractivity contribution is 6.00. The average Bonchev–Trinajstić information content (AvgIpc) is 2.53. The lowest BCUT2D eigenvalue weighted by Crippen LogP contribution is -2.10. The Bertz CT molecular complexity index is 758. The van der Waals surface area contributed by atoms with Crippen LogP contribution in [0, 0.1) is 0 Å².